The van der Waals surface area contributed by atoms with E-state index in [1.54, 1.807) is 0 Å². The number of carbonyl (C=O) groups excluding carboxylic acids is 2. The van der Waals surface area contributed by atoms with Crippen molar-refractivity contribution in [2.75, 3.05) is 18.2 Å². The number of benzene rings is 1. The van der Waals surface area contributed by atoms with E-state index >= 15 is 0 Å². The van der Waals surface area contributed by atoms with E-state index in [1.807, 2.05) is 12.1 Å². The zero-order chi connectivity index (χ0) is 29.1. The third kappa shape index (κ3) is 6.52. The number of nitriles is 1. The van der Waals surface area contributed by atoms with Gasteiger partial charge in [-0.2, -0.15) is 5.26 Å². The Kier molecular flexibility index (Phi) is 8.86. The second-order valence-electron chi connectivity index (χ2n) is 12.1. The van der Waals surface area contributed by atoms with Crippen LogP contribution < -0.4 is 5.32 Å². The lowest BCUT2D eigenvalue weighted by molar-refractivity contribution is -0.115. The van der Waals surface area contributed by atoms with Crippen LogP contribution in [0.25, 0.3) is 0 Å². The highest BCUT2D eigenvalue weighted by atomic mass is 32.2. The highest BCUT2D eigenvalue weighted by molar-refractivity contribution is 7.99. The largest absolute Gasteiger partial charge is 0.465 e. The van der Waals surface area contributed by atoms with E-state index in [0.717, 1.165) is 54.7 Å². The van der Waals surface area contributed by atoms with Crippen molar-refractivity contribution in [3.05, 3.63) is 74.8 Å². The van der Waals surface area contributed by atoms with Crippen molar-refractivity contribution in [1.82, 2.24) is 4.98 Å². The van der Waals surface area contributed by atoms with Crippen molar-refractivity contribution in [3.8, 4) is 6.07 Å². The van der Waals surface area contributed by atoms with Crippen LogP contribution in [-0.2, 0) is 35.2 Å². The number of nitrogens with one attached hydrogen (secondary N) is 1. The normalized spacial score (nSPS) is 18.1. The maximum absolute atomic E-state index is 13.0. The van der Waals surface area contributed by atoms with Crippen LogP contribution in [-0.4, -0.2) is 29.7 Å². The maximum atomic E-state index is 13.0. The monoisotopic (exact) mass is 587 g/mol. The minimum absolute atomic E-state index is 0.162. The Morgan fingerprint density at radius 1 is 1.17 bits per heavy atom. The van der Waals surface area contributed by atoms with Crippen molar-refractivity contribution < 1.29 is 14.3 Å². The van der Waals surface area contributed by atoms with E-state index in [0.29, 0.717) is 38.7 Å². The molecule has 2 unspecified atom stereocenters. The molecular weight excluding hydrogens is 551 g/mol. The zero-order valence-corrected chi connectivity index (χ0v) is 25.8. The summed E-state index contributed by atoms with van der Waals surface area (Å²) in [6.07, 6.45) is 5.79. The van der Waals surface area contributed by atoms with Gasteiger partial charge in [0.2, 0.25) is 5.91 Å². The van der Waals surface area contributed by atoms with E-state index < -0.39 is 5.97 Å². The summed E-state index contributed by atoms with van der Waals surface area (Å²) in [7, 11) is 1.38. The minimum Gasteiger partial charge on any atom is -0.465 e. The predicted molar refractivity (Wildman–Crippen MR) is 165 cm³/mol. The molecule has 0 fully saturated rings. The molecule has 2 atom stereocenters. The SMILES string of the molecule is COC(=O)c1c(NC(=O)CCSc2nc3c(cc2C#N)CC(C(C)(C)C)CC3)sc2c1CCC(c1ccccc1)C2. The Bertz CT molecular complexity index is 1480. The summed E-state index contributed by atoms with van der Waals surface area (Å²) >= 11 is 2.94. The lowest BCUT2D eigenvalue weighted by atomic mass is 9.71. The summed E-state index contributed by atoms with van der Waals surface area (Å²) in [6.45, 7) is 6.83. The van der Waals surface area contributed by atoms with E-state index in [4.69, 9.17) is 9.72 Å². The average molecular weight is 588 g/mol. The summed E-state index contributed by atoms with van der Waals surface area (Å²) in [4.78, 5) is 31.8. The van der Waals surface area contributed by atoms with Gasteiger partial charge in [0.1, 0.15) is 16.1 Å². The van der Waals surface area contributed by atoms with Crippen molar-refractivity contribution >= 4 is 40.0 Å². The maximum Gasteiger partial charge on any atom is 0.341 e. The molecule has 8 heteroatoms. The number of nitrogens with zero attached hydrogens (tertiary/aromatic N) is 2. The average Bonchev–Trinajstić information content (AvgIpc) is 3.32. The molecule has 1 amide bonds. The zero-order valence-electron chi connectivity index (χ0n) is 24.2. The summed E-state index contributed by atoms with van der Waals surface area (Å²) in [5.74, 6) is 0.894. The van der Waals surface area contributed by atoms with Crippen LogP contribution in [0, 0.1) is 22.7 Å². The number of anilines is 1. The molecule has 0 bridgehead atoms. The molecule has 1 N–H and O–H groups in total. The van der Waals surface area contributed by atoms with Gasteiger partial charge in [-0.25, -0.2) is 9.78 Å². The van der Waals surface area contributed by atoms with Crippen LogP contribution in [0.1, 0.15) is 89.1 Å². The summed E-state index contributed by atoms with van der Waals surface area (Å²) in [6, 6.07) is 14.8. The number of fused-ring (bicyclic) bond motifs is 2. The molecule has 2 aromatic heterocycles. The van der Waals surface area contributed by atoms with Crippen LogP contribution in [0.5, 0.6) is 0 Å². The Labute approximate surface area is 250 Å². The van der Waals surface area contributed by atoms with Gasteiger partial charge in [-0.3, -0.25) is 4.79 Å². The number of hydrogen-bond donors (Lipinski definition) is 1. The number of hydrogen-bond acceptors (Lipinski definition) is 7. The smallest absolute Gasteiger partial charge is 0.341 e. The van der Waals surface area contributed by atoms with Crippen LogP contribution in [0.4, 0.5) is 5.00 Å². The first-order valence-corrected chi connectivity index (χ1v) is 16.1. The van der Waals surface area contributed by atoms with Gasteiger partial charge in [-0.15, -0.1) is 23.1 Å². The molecule has 0 aliphatic heterocycles. The first-order chi connectivity index (χ1) is 19.7. The predicted octanol–water partition coefficient (Wildman–Crippen LogP) is 7.35. The fourth-order valence-corrected chi connectivity index (χ4v) is 8.25. The number of aromatic nitrogens is 1. The third-order valence-corrected chi connectivity index (χ3v) is 10.6. The Balaban J connectivity index is 1.25. The van der Waals surface area contributed by atoms with E-state index in [9.17, 15) is 14.9 Å². The fourth-order valence-electron chi connectivity index (χ4n) is 6.01. The molecule has 6 nitrogen and oxygen atoms in total. The number of carbonyl (C=O) groups is 2. The van der Waals surface area contributed by atoms with E-state index in [1.165, 1.54) is 41.3 Å². The summed E-state index contributed by atoms with van der Waals surface area (Å²) < 4.78 is 5.10. The van der Waals surface area contributed by atoms with Gasteiger partial charge in [-0.1, -0.05) is 51.1 Å². The van der Waals surface area contributed by atoms with Crippen molar-refractivity contribution in [2.45, 2.75) is 76.7 Å². The second-order valence-corrected chi connectivity index (χ2v) is 14.2. The topological polar surface area (TPSA) is 92.1 Å². The summed E-state index contributed by atoms with van der Waals surface area (Å²) in [5, 5.41) is 14.1. The number of thiophene rings is 1. The molecule has 1 aromatic carbocycles. The molecule has 2 aliphatic rings. The van der Waals surface area contributed by atoms with Crippen molar-refractivity contribution in [2.24, 2.45) is 11.3 Å². The first-order valence-electron chi connectivity index (χ1n) is 14.3. The Morgan fingerprint density at radius 2 is 1.95 bits per heavy atom. The number of rotatable bonds is 7. The van der Waals surface area contributed by atoms with Crippen LogP contribution in [0.2, 0.25) is 0 Å². The molecule has 0 spiro atoms. The number of aryl methyl sites for hydroxylation is 1. The Morgan fingerprint density at radius 3 is 2.66 bits per heavy atom. The quantitative estimate of drug-likeness (QED) is 0.230. The van der Waals surface area contributed by atoms with Gasteiger partial charge < -0.3 is 10.1 Å². The fraction of sp³-hybridized carbons (Fsp3) is 0.455. The number of methoxy groups -OCH3 is 1. The number of amides is 1. The van der Waals surface area contributed by atoms with Gasteiger partial charge in [0.15, 0.2) is 0 Å². The summed E-state index contributed by atoms with van der Waals surface area (Å²) in [5.41, 5.74) is 5.87. The van der Waals surface area contributed by atoms with Crippen molar-refractivity contribution in [1.29, 1.82) is 5.26 Å². The third-order valence-electron chi connectivity index (χ3n) is 8.44. The molecule has 5 rings (SSSR count). The number of esters is 1. The number of ether oxygens (including phenoxy) is 1. The van der Waals surface area contributed by atoms with Crippen LogP contribution >= 0.6 is 23.1 Å². The first kappa shape index (κ1) is 29.3. The molecular formula is C33H37N3O3S2. The molecule has 3 aromatic rings. The van der Waals surface area contributed by atoms with Crippen molar-refractivity contribution in [3.63, 3.8) is 0 Å². The number of pyridine rings is 1. The highest BCUT2D eigenvalue weighted by Gasteiger charge is 2.32. The lowest BCUT2D eigenvalue weighted by Gasteiger charge is -2.34. The minimum atomic E-state index is -0.407. The molecule has 0 saturated heterocycles. The second kappa shape index (κ2) is 12.4. The molecule has 214 valence electrons. The van der Waals surface area contributed by atoms with E-state index in [2.05, 4.69) is 56.4 Å². The Hall–Kier alpha value is -3.15. The molecule has 0 radical (unpaired) electrons. The van der Waals surface area contributed by atoms with Crippen LogP contribution in [0.3, 0.4) is 0 Å². The molecule has 0 saturated carbocycles. The van der Waals surface area contributed by atoms with Gasteiger partial charge in [0.25, 0.3) is 0 Å². The van der Waals surface area contributed by atoms with Gasteiger partial charge >= 0.3 is 5.97 Å². The number of thioether (sulfide) groups is 1. The highest BCUT2D eigenvalue weighted by Crippen LogP contribution is 2.43. The van der Waals surface area contributed by atoms with E-state index in [-0.39, 0.29) is 17.7 Å². The standard InChI is InChI=1S/C33H37N3O3S2/c1-33(2,3)24-11-13-26-22(17-24)16-23(19-34)30(35-26)40-15-14-28(37)36-31-29(32(38)39-4)25-12-10-21(18-27(25)41-31)20-8-6-5-7-9-20/h5-9,16,21,24H,10-15,17-18H2,1-4H3,(H,36,37). The molecule has 2 heterocycles. The van der Waals surface area contributed by atoms with Crippen LogP contribution in [0.15, 0.2) is 41.4 Å². The molecule has 2 aliphatic carbocycles. The van der Waals surface area contributed by atoms with Gasteiger partial charge in [-0.05, 0) is 78.5 Å². The lowest BCUT2D eigenvalue weighted by Crippen LogP contribution is -2.27. The van der Waals surface area contributed by atoms with Gasteiger partial charge in [0.05, 0.1) is 18.2 Å². The van der Waals surface area contributed by atoms with Gasteiger partial charge in [0, 0.05) is 22.7 Å². The molecule has 41 heavy (non-hydrogen) atoms.